The van der Waals surface area contributed by atoms with E-state index in [0.717, 1.165) is 16.9 Å². The normalized spacial score (nSPS) is 10.5. The summed E-state index contributed by atoms with van der Waals surface area (Å²) in [5.74, 6) is -0.0118. The maximum atomic E-state index is 13.0. The van der Waals surface area contributed by atoms with Crippen LogP contribution >= 0.6 is 0 Å². The van der Waals surface area contributed by atoms with Gasteiger partial charge in [-0.05, 0) is 24.3 Å². The first-order valence-electron chi connectivity index (χ1n) is 8.17. The Balaban J connectivity index is 1.85. The molecule has 2 aromatic carbocycles. The summed E-state index contributed by atoms with van der Waals surface area (Å²) in [7, 11) is 5.66. The van der Waals surface area contributed by atoms with E-state index in [1.165, 1.54) is 0 Å². The number of aryl methyl sites for hydroxylation is 1. The van der Waals surface area contributed by atoms with Crippen LogP contribution in [0.25, 0.3) is 0 Å². The maximum absolute atomic E-state index is 13.0. The molecule has 0 saturated heterocycles. The minimum Gasteiger partial charge on any atom is -0.344 e. The van der Waals surface area contributed by atoms with Crippen LogP contribution < -0.4 is 4.90 Å². The van der Waals surface area contributed by atoms with Gasteiger partial charge in [-0.3, -0.25) is 9.48 Å². The Labute approximate surface area is 148 Å². The highest BCUT2D eigenvalue weighted by molar-refractivity contribution is 6.00. The molecule has 128 valence electrons. The van der Waals surface area contributed by atoms with Crippen molar-refractivity contribution in [2.24, 2.45) is 7.05 Å². The molecule has 5 heteroatoms. The van der Waals surface area contributed by atoms with Gasteiger partial charge in [0.05, 0.1) is 17.4 Å². The van der Waals surface area contributed by atoms with E-state index in [1.807, 2.05) is 86.8 Å². The third-order valence-corrected chi connectivity index (χ3v) is 4.16. The molecule has 0 unspecified atom stereocenters. The Bertz CT molecular complexity index is 857. The lowest BCUT2D eigenvalue weighted by Crippen LogP contribution is -2.27. The molecule has 3 aromatic rings. The van der Waals surface area contributed by atoms with Gasteiger partial charge in [0.25, 0.3) is 5.91 Å². The van der Waals surface area contributed by atoms with E-state index in [-0.39, 0.29) is 5.91 Å². The van der Waals surface area contributed by atoms with Gasteiger partial charge in [0.1, 0.15) is 0 Å². The minimum atomic E-state index is -0.0118. The second kappa shape index (κ2) is 7.21. The highest BCUT2D eigenvalue weighted by Gasteiger charge is 2.18. The molecule has 3 rings (SSSR count). The lowest BCUT2D eigenvalue weighted by atomic mass is 10.1. The molecule has 1 heterocycles. The predicted molar refractivity (Wildman–Crippen MR) is 100.0 cm³/mol. The van der Waals surface area contributed by atoms with E-state index >= 15 is 0 Å². The number of aromatic nitrogens is 2. The predicted octanol–water partition coefficient (Wildman–Crippen LogP) is 3.46. The molecule has 0 radical (unpaired) electrons. The summed E-state index contributed by atoms with van der Waals surface area (Å²) in [6.45, 7) is 0.524. The number of hydrogen-bond acceptors (Lipinski definition) is 3. The molecule has 0 aliphatic heterocycles. The number of para-hydroxylation sites is 2. The van der Waals surface area contributed by atoms with Crippen molar-refractivity contribution in [3.8, 4) is 0 Å². The highest BCUT2D eigenvalue weighted by Crippen LogP contribution is 2.27. The number of nitrogens with zero attached hydrogens (tertiary/aromatic N) is 4. The fourth-order valence-electron chi connectivity index (χ4n) is 2.84. The van der Waals surface area contributed by atoms with Crippen molar-refractivity contribution < 1.29 is 4.79 Å². The van der Waals surface area contributed by atoms with Crippen LogP contribution in [-0.2, 0) is 13.6 Å². The number of carbonyl (C=O) groups is 1. The van der Waals surface area contributed by atoms with Gasteiger partial charge in [0, 0.05) is 45.1 Å². The average molecular weight is 334 g/mol. The van der Waals surface area contributed by atoms with E-state index in [1.54, 1.807) is 15.8 Å². The van der Waals surface area contributed by atoms with Crippen LogP contribution in [0.2, 0.25) is 0 Å². The van der Waals surface area contributed by atoms with Crippen molar-refractivity contribution in [2.75, 3.05) is 19.0 Å². The standard InChI is InChI=1S/C20H22N4O/c1-22(14-16-13-21-23(2)15-16)20(25)18-11-7-8-12-19(18)24(3)17-9-5-4-6-10-17/h4-13,15H,14H2,1-3H3. The van der Waals surface area contributed by atoms with Gasteiger partial charge in [0.2, 0.25) is 0 Å². The van der Waals surface area contributed by atoms with Crippen molar-refractivity contribution in [3.05, 3.63) is 78.1 Å². The second-order valence-corrected chi connectivity index (χ2v) is 6.10. The fourth-order valence-corrected chi connectivity index (χ4v) is 2.84. The summed E-state index contributed by atoms with van der Waals surface area (Å²) >= 11 is 0. The molecule has 0 aliphatic rings. The van der Waals surface area contributed by atoms with Crippen molar-refractivity contribution in [1.82, 2.24) is 14.7 Å². The molecule has 0 N–H and O–H groups in total. The number of rotatable bonds is 5. The number of anilines is 2. The van der Waals surface area contributed by atoms with Gasteiger partial charge in [0.15, 0.2) is 0 Å². The van der Waals surface area contributed by atoms with Crippen LogP contribution in [0.4, 0.5) is 11.4 Å². The molecule has 0 fully saturated rings. The maximum Gasteiger partial charge on any atom is 0.256 e. The van der Waals surface area contributed by atoms with Gasteiger partial charge in [-0.1, -0.05) is 30.3 Å². The third kappa shape index (κ3) is 3.71. The van der Waals surface area contributed by atoms with E-state index in [2.05, 4.69) is 5.10 Å². The van der Waals surface area contributed by atoms with E-state index in [9.17, 15) is 4.79 Å². The number of amides is 1. The van der Waals surface area contributed by atoms with Crippen LogP contribution in [0, 0.1) is 0 Å². The molecule has 5 nitrogen and oxygen atoms in total. The molecular weight excluding hydrogens is 312 g/mol. The first-order valence-corrected chi connectivity index (χ1v) is 8.17. The van der Waals surface area contributed by atoms with E-state index in [0.29, 0.717) is 12.1 Å². The molecule has 0 saturated carbocycles. The summed E-state index contributed by atoms with van der Waals surface area (Å²) in [6, 6.07) is 17.7. The number of carbonyl (C=O) groups excluding carboxylic acids is 1. The van der Waals surface area contributed by atoms with Gasteiger partial charge in [-0.2, -0.15) is 5.10 Å². The zero-order chi connectivity index (χ0) is 17.8. The Hall–Kier alpha value is -3.08. The molecule has 25 heavy (non-hydrogen) atoms. The van der Waals surface area contributed by atoms with Gasteiger partial charge in [-0.25, -0.2) is 0 Å². The zero-order valence-electron chi connectivity index (χ0n) is 14.8. The number of hydrogen-bond donors (Lipinski definition) is 0. The first kappa shape index (κ1) is 16.8. The summed E-state index contributed by atoms with van der Waals surface area (Å²) in [4.78, 5) is 16.7. The van der Waals surface area contributed by atoms with Gasteiger partial charge >= 0.3 is 0 Å². The van der Waals surface area contributed by atoms with Crippen molar-refractivity contribution in [1.29, 1.82) is 0 Å². The Morgan fingerprint density at radius 2 is 1.72 bits per heavy atom. The van der Waals surface area contributed by atoms with Crippen molar-refractivity contribution >= 4 is 17.3 Å². The molecule has 1 aromatic heterocycles. The van der Waals surface area contributed by atoms with Crippen LogP contribution in [0.1, 0.15) is 15.9 Å². The highest BCUT2D eigenvalue weighted by atomic mass is 16.2. The molecule has 0 bridgehead atoms. The first-order chi connectivity index (χ1) is 12.1. The van der Waals surface area contributed by atoms with Crippen LogP contribution in [0.3, 0.4) is 0 Å². The molecule has 0 aliphatic carbocycles. The van der Waals surface area contributed by atoms with Crippen molar-refractivity contribution in [3.63, 3.8) is 0 Å². The average Bonchev–Trinajstić information content (AvgIpc) is 3.06. The summed E-state index contributed by atoms with van der Waals surface area (Å²) in [6.07, 6.45) is 3.71. The van der Waals surface area contributed by atoms with E-state index < -0.39 is 0 Å². The fraction of sp³-hybridized carbons (Fsp3) is 0.200. The minimum absolute atomic E-state index is 0.0118. The van der Waals surface area contributed by atoms with Gasteiger partial charge in [-0.15, -0.1) is 0 Å². The van der Waals surface area contributed by atoms with Crippen molar-refractivity contribution in [2.45, 2.75) is 6.54 Å². The smallest absolute Gasteiger partial charge is 0.256 e. The Kier molecular flexibility index (Phi) is 4.84. The molecule has 0 spiro atoms. The monoisotopic (exact) mass is 334 g/mol. The Morgan fingerprint density at radius 1 is 1.04 bits per heavy atom. The number of benzene rings is 2. The Morgan fingerprint density at radius 3 is 2.40 bits per heavy atom. The summed E-state index contributed by atoms with van der Waals surface area (Å²) < 4.78 is 1.74. The molecule has 1 amide bonds. The van der Waals surface area contributed by atoms with Crippen LogP contribution in [0.15, 0.2) is 67.0 Å². The van der Waals surface area contributed by atoms with Crippen LogP contribution in [-0.4, -0.2) is 34.7 Å². The molecular formula is C20H22N4O. The van der Waals surface area contributed by atoms with Crippen LogP contribution in [0.5, 0.6) is 0 Å². The quantitative estimate of drug-likeness (QED) is 0.717. The third-order valence-electron chi connectivity index (χ3n) is 4.16. The molecule has 0 atom stereocenters. The largest absolute Gasteiger partial charge is 0.344 e. The second-order valence-electron chi connectivity index (χ2n) is 6.10. The SMILES string of the molecule is CN(Cc1cnn(C)c1)C(=O)c1ccccc1N(C)c1ccccc1. The summed E-state index contributed by atoms with van der Waals surface area (Å²) in [5, 5.41) is 4.16. The lowest BCUT2D eigenvalue weighted by Gasteiger charge is -2.24. The lowest BCUT2D eigenvalue weighted by molar-refractivity contribution is 0.0786. The zero-order valence-corrected chi connectivity index (χ0v) is 14.8. The van der Waals surface area contributed by atoms with Gasteiger partial charge < -0.3 is 9.80 Å². The summed E-state index contributed by atoms with van der Waals surface area (Å²) in [5.41, 5.74) is 3.61. The topological polar surface area (TPSA) is 41.4 Å². The van der Waals surface area contributed by atoms with E-state index in [4.69, 9.17) is 0 Å².